The number of hydroxylamine groups is 1. The summed E-state index contributed by atoms with van der Waals surface area (Å²) in [6.07, 6.45) is 2.52. The molecule has 0 aliphatic carbocycles. The summed E-state index contributed by atoms with van der Waals surface area (Å²) in [5.41, 5.74) is 2.95. The van der Waals surface area contributed by atoms with Gasteiger partial charge in [0.2, 0.25) is 5.28 Å². The van der Waals surface area contributed by atoms with Gasteiger partial charge in [-0.25, -0.2) is 10.5 Å². The van der Waals surface area contributed by atoms with Gasteiger partial charge in [-0.05, 0) is 25.4 Å². The van der Waals surface area contributed by atoms with Crippen LogP contribution in [0.15, 0.2) is 21.8 Å². The van der Waals surface area contributed by atoms with E-state index in [-0.39, 0.29) is 17.5 Å². The van der Waals surface area contributed by atoms with Gasteiger partial charge in [-0.15, -0.1) is 0 Å². The molecule has 0 saturated carbocycles. The highest BCUT2D eigenvalue weighted by Gasteiger charge is 2.22. The van der Waals surface area contributed by atoms with Gasteiger partial charge in [0.05, 0.1) is 32.0 Å². The van der Waals surface area contributed by atoms with Crippen molar-refractivity contribution in [2.24, 2.45) is 17.0 Å². The minimum absolute atomic E-state index is 0.0775. The molecule has 3 heterocycles. The van der Waals surface area contributed by atoms with Crippen LogP contribution in [0.2, 0.25) is 5.28 Å². The van der Waals surface area contributed by atoms with Crippen LogP contribution in [-0.2, 0) is 23.1 Å². The number of nitrogens with one attached hydrogen (secondary N) is 1. The van der Waals surface area contributed by atoms with Gasteiger partial charge in [-0.2, -0.15) is 9.97 Å². The number of hydrogen-bond donors (Lipinski definition) is 2. The molecule has 0 bridgehead atoms. The number of anilines is 1. The van der Waals surface area contributed by atoms with Crippen LogP contribution in [0.5, 0.6) is 0 Å². The molecule has 166 valence electrons. The Balaban J connectivity index is 1.77. The Morgan fingerprint density at radius 3 is 2.81 bits per heavy atom. The van der Waals surface area contributed by atoms with Crippen LogP contribution in [0.1, 0.15) is 5.82 Å². The Bertz CT molecular complexity index is 1010. The number of fused-ring (bicyclic) bond motifs is 1. The third-order valence-electron chi connectivity index (χ3n) is 4.64. The fourth-order valence-electron chi connectivity index (χ4n) is 3.09. The average molecular weight is 450 g/mol. The second kappa shape index (κ2) is 10.4. The summed E-state index contributed by atoms with van der Waals surface area (Å²) >= 11 is 6.17. The molecule has 0 atom stereocenters. The van der Waals surface area contributed by atoms with Crippen LogP contribution in [0.3, 0.4) is 0 Å². The molecule has 13 heteroatoms. The Morgan fingerprint density at radius 1 is 1.39 bits per heavy atom. The molecule has 1 saturated heterocycles. The lowest BCUT2D eigenvalue weighted by Crippen LogP contribution is -2.37. The molecule has 12 nitrogen and oxygen atoms in total. The Labute approximate surface area is 183 Å². The standard InChI is InChI=1S/C18H24ClN9O3/c1-20-8-12(17(29)25-30)9-21-11-26(2)10-13-22-14-15(27(13)3)23-18(19)24-16(14)28-4-6-31-7-5-28/h8-9,30H,1,4-7,10-11H2,2-3H3,(H,25,29)/b12-8+,21-9?. The lowest BCUT2D eigenvalue weighted by molar-refractivity contribution is -0.124. The van der Waals surface area contributed by atoms with E-state index in [2.05, 4.69) is 31.6 Å². The summed E-state index contributed by atoms with van der Waals surface area (Å²) in [6.45, 7) is 6.69. The third kappa shape index (κ3) is 5.41. The van der Waals surface area contributed by atoms with Crippen LogP contribution in [-0.4, -0.2) is 88.5 Å². The summed E-state index contributed by atoms with van der Waals surface area (Å²) in [4.78, 5) is 36.8. The largest absolute Gasteiger partial charge is 0.378 e. The molecule has 0 unspecified atom stereocenters. The van der Waals surface area contributed by atoms with Crippen LogP contribution in [0.25, 0.3) is 11.2 Å². The quantitative estimate of drug-likeness (QED) is 0.194. The molecule has 2 aromatic heterocycles. The van der Waals surface area contributed by atoms with Crippen molar-refractivity contribution >= 4 is 47.4 Å². The molecule has 31 heavy (non-hydrogen) atoms. The first-order valence-electron chi connectivity index (χ1n) is 9.45. The van der Waals surface area contributed by atoms with Crippen LogP contribution in [0, 0.1) is 0 Å². The van der Waals surface area contributed by atoms with Crippen molar-refractivity contribution in [1.82, 2.24) is 29.9 Å². The molecule has 1 aliphatic heterocycles. The maximum Gasteiger partial charge on any atom is 0.277 e. The van der Waals surface area contributed by atoms with E-state index in [0.29, 0.717) is 49.8 Å². The van der Waals surface area contributed by atoms with Gasteiger partial charge >= 0.3 is 0 Å². The number of amides is 1. The smallest absolute Gasteiger partial charge is 0.277 e. The first kappa shape index (κ1) is 22.7. The van der Waals surface area contributed by atoms with E-state index in [4.69, 9.17) is 26.5 Å². The number of rotatable bonds is 8. The van der Waals surface area contributed by atoms with Crippen molar-refractivity contribution in [3.8, 4) is 0 Å². The van der Waals surface area contributed by atoms with Gasteiger partial charge in [0.25, 0.3) is 5.91 Å². The van der Waals surface area contributed by atoms with E-state index in [9.17, 15) is 4.79 Å². The number of nitrogens with zero attached hydrogens (tertiary/aromatic N) is 8. The average Bonchev–Trinajstić information content (AvgIpc) is 3.07. The fourth-order valence-corrected chi connectivity index (χ4v) is 3.25. The second-order valence-electron chi connectivity index (χ2n) is 6.85. The number of aromatic nitrogens is 4. The van der Waals surface area contributed by atoms with Crippen molar-refractivity contribution in [3.63, 3.8) is 0 Å². The summed E-state index contributed by atoms with van der Waals surface area (Å²) in [5, 5.41) is 8.92. The molecule has 2 N–H and O–H groups in total. The molecule has 3 rings (SSSR count). The maximum absolute atomic E-state index is 11.5. The maximum atomic E-state index is 11.5. The summed E-state index contributed by atoms with van der Waals surface area (Å²) in [6, 6.07) is 0. The molecule has 1 amide bonds. The highest BCUT2D eigenvalue weighted by molar-refractivity contribution is 6.28. The zero-order chi connectivity index (χ0) is 22.4. The number of aryl methyl sites for hydroxylation is 1. The zero-order valence-electron chi connectivity index (χ0n) is 17.3. The number of morpholine rings is 1. The topological polar surface area (TPSA) is 133 Å². The van der Waals surface area contributed by atoms with E-state index in [1.54, 1.807) is 0 Å². The molecular weight excluding hydrogens is 426 g/mol. The summed E-state index contributed by atoms with van der Waals surface area (Å²) in [5.74, 6) is 0.734. The van der Waals surface area contributed by atoms with Crippen molar-refractivity contribution in [2.75, 3.05) is 44.9 Å². The van der Waals surface area contributed by atoms with Crippen molar-refractivity contribution in [1.29, 1.82) is 0 Å². The molecule has 0 radical (unpaired) electrons. The number of carbonyl (C=O) groups is 1. The third-order valence-corrected chi connectivity index (χ3v) is 4.80. The van der Waals surface area contributed by atoms with E-state index in [0.717, 1.165) is 5.82 Å². The lowest BCUT2D eigenvalue weighted by Gasteiger charge is -2.27. The number of hydrogen-bond acceptors (Lipinski definition) is 10. The number of imidazole rings is 1. The second-order valence-corrected chi connectivity index (χ2v) is 7.19. The van der Waals surface area contributed by atoms with Crippen molar-refractivity contribution < 1.29 is 14.7 Å². The number of halogens is 1. The van der Waals surface area contributed by atoms with Gasteiger partial charge in [-0.1, -0.05) is 0 Å². The highest BCUT2D eigenvalue weighted by atomic mass is 35.5. The Kier molecular flexibility index (Phi) is 7.63. The van der Waals surface area contributed by atoms with Gasteiger partial charge in [0.1, 0.15) is 5.82 Å². The molecule has 0 spiro atoms. The van der Waals surface area contributed by atoms with Crippen LogP contribution in [0.4, 0.5) is 5.82 Å². The van der Waals surface area contributed by atoms with E-state index < -0.39 is 5.91 Å². The van der Waals surface area contributed by atoms with Crippen molar-refractivity contribution in [3.05, 3.63) is 22.9 Å². The molecule has 0 aromatic carbocycles. The normalized spacial score (nSPS) is 15.3. The minimum Gasteiger partial charge on any atom is -0.378 e. The van der Waals surface area contributed by atoms with Gasteiger partial charge < -0.3 is 14.2 Å². The van der Waals surface area contributed by atoms with E-state index in [1.165, 1.54) is 17.9 Å². The monoisotopic (exact) mass is 449 g/mol. The molecule has 1 aliphatic rings. The predicted octanol–water partition coefficient (Wildman–Crippen LogP) is 0.403. The summed E-state index contributed by atoms with van der Waals surface area (Å²) in [7, 11) is 3.73. The predicted molar refractivity (Wildman–Crippen MR) is 117 cm³/mol. The van der Waals surface area contributed by atoms with E-state index >= 15 is 0 Å². The van der Waals surface area contributed by atoms with Crippen LogP contribution >= 0.6 is 11.6 Å². The van der Waals surface area contributed by atoms with Crippen LogP contribution < -0.4 is 10.4 Å². The number of carbonyl (C=O) groups excluding carboxylic acids is 1. The summed E-state index contributed by atoms with van der Waals surface area (Å²) < 4.78 is 7.29. The van der Waals surface area contributed by atoms with Gasteiger partial charge in [0.15, 0.2) is 17.0 Å². The van der Waals surface area contributed by atoms with Crippen molar-refractivity contribution in [2.45, 2.75) is 6.54 Å². The highest BCUT2D eigenvalue weighted by Crippen LogP contribution is 2.26. The van der Waals surface area contributed by atoms with E-state index in [1.807, 2.05) is 23.6 Å². The Morgan fingerprint density at radius 2 is 2.13 bits per heavy atom. The number of aliphatic imine (C=N–C) groups is 2. The first-order valence-corrected chi connectivity index (χ1v) is 9.82. The molecule has 2 aromatic rings. The first-order chi connectivity index (χ1) is 14.9. The lowest BCUT2D eigenvalue weighted by atomic mass is 10.3. The Hall–Kier alpha value is -2.93. The van der Waals surface area contributed by atoms with Gasteiger partial charge in [-0.3, -0.25) is 24.9 Å². The fraction of sp³-hybridized carbons (Fsp3) is 0.444. The minimum atomic E-state index is -0.722. The molecule has 1 fully saturated rings. The van der Waals surface area contributed by atoms with Gasteiger partial charge in [0, 0.05) is 32.6 Å². The SMILES string of the molecule is C=N/C=C(\C=NCN(C)Cc1nc2c(N3CCOCC3)nc(Cl)nc2n1C)C(=O)NO. The number of ether oxygens (including phenoxy) is 1. The zero-order valence-corrected chi connectivity index (χ0v) is 18.1. The molecular formula is C18H24ClN9O3.